The van der Waals surface area contributed by atoms with E-state index >= 15 is 0 Å². The standard InChI is InChI=1S/C17H15N3/c1-2-5-17-19-10-11-20(17)16-9-8-13(12-18)14-6-3-4-7-15(14)16/h3-4,6-11H,2,5H2,1H3. The van der Waals surface area contributed by atoms with Crippen molar-refractivity contribution in [3.63, 3.8) is 0 Å². The fourth-order valence-corrected chi connectivity index (χ4v) is 2.55. The van der Waals surface area contributed by atoms with Crippen LogP contribution in [-0.4, -0.2) is 9.55 Å². The number of hydrogen-bond acceptors (Lipinski definition) is 2. The van der Waals surface area contributed by atoms with Crippen LogP contribution in [-0.2, 0) is 6.42 Å². The third kappa shape index (κ3) is 1.96. The van der Waals surface area contributed by atoms with Crippen LogP contribution >= 0.6 is 0 Å². The molecule has 0 aliphatic carbocycles. The first-order valence-electron chi connectivity index (χ1n) is 6.79. The van der Waals surface area contributed by atoms with Crippen molar-refractivity contribution in [2.75, 3.05) is 0 Å². The smallest absolute Gasteiger partial charge is 0.113 e. The van der Waals surface area contributed by atoms with Crippen LogP contribution in [0, 0.1) is 11.3 Å². The Morgan fingerprint density at radius 3 is 2.70 bits per heavy atom. The highest BCUT2D eigenvalue weighted by Crippen LogP contribution is 2.26. The van der Waals surface area contributed by atoms with E-state index in [1.54, 1.807) is 0 Å². The highest BCUT2D eigenvalue weighted by Gasteiger charge is 2.09. The highest BCUT2D eigenvalue weighted by atomic mass is 15.1. The molecule has 0 amide bonds. The summed E-state index contributed by atoms with van der Waals surface area (Å²) in [6.07, 6.45) is 5.82. The molecule has 0 fully saturated rings. The molecule has 0 aliphatic rings. The van der Waals surface area contributed by atoms with E-state index in [4.69, 9.17) is 0 Å². The first-order valence-corrected chi connectivity index (χ1v) is 6.79. The minimum absolute atomic E-state index is 0.710. The zero-order valence-electron chi connectivity index (χ0n) is 11.4. The topological polar surface area (TPSA) is 41.6 Å². The van der Waals surface area contributed by atoms with Gasteiger partial charge in [-0.15, -0.1) is 0 Å². The van der Waals surface area contributed by atoms with Gasteiger partial charge in [-0.1, -0.05) is 31.2 Å². The average Bonchev–Trinajstić information content (AvgIpc) is 2.94. The molecule has 0 bridgehead atoms. The Balaban J connectivity index is 2.27. The molecule has 2 aromatic carbocycles. The molecule has 98 valence electrons. The van der Waals surface area contributed by atoms with E-state index in [1.165, 1.54) is 0 Å². The fourth-order valence-electron chi connectivity index (χ4n) is 2.55. The lowest BCUT2D eigenvalue weighted by Gasteiger charge is -2.11. The third-order valence-corrected chi connectivity index (χ3v) is 3.47. The Kier molecular flexibility index (Phi) is 3.22. The van der Waals surface area contributed by atoms with Gasteiger partial charge in [-0.3, -0.25) is 0 Å². The maximum absolute atomic E-state index is 9.23. The Morgan fingerprint density at radius 2 is 1.95 bits per heavy atom. The zero-order chi connectivity index (χ0) is 13.9. The number of nitrogens with zero attached hydrogens (tertiary/aromatic N) is 3. The summed E-state index contributed by atoms with van der Waals surface area (Å²) in [6, 6.07) is 14.2. The summed E-state index contributed by atoms with van der Waals surface area (Å²) in [4.78, 5) is 4.43. The molecule has 0 atom stereocenters. The maximum Gasteiger partial charge on any atom is 0.113 e. The Bertz CT molecular complexity index is 793. The lowest BCUT2D eigenvalue weighted by molar-refractivity contribution is 0.811. The SMILES string of the molecule is CCCc1nccn1-c1ccc(C#N)c2ccccc12. The number of aromatic nitrogens is 2. The van der Waals surface area contributed by atoms with Crippen LogP contribution in [0.3, 0.4) is 0 Å². The molecular weight excluding hydrogens is 246 g/mol. The second kappa shape index (κ2) is 5.18. The van der Waals surface area contributed by atoms with Crippen molar-refractivity contribution in [3.8, 4) is 11.8 Å². The molecule has 0 saturated heterocycles. The van der Waals surface area contributed by atoms with Gasteiger partial charge in [-0.05, 0) is 18.6 Å². The number of nitriles is 1. The van der Waals surface area contributed by atoms with Gasteiger partial charge < -0.3 is 4.57 Å². The Hall–Kier alpha value is -2.60. The summed E-state index contributed by atoms with van der Waals surface area (Å²) in [7, 11) is 0. The molecule has 1 aromatic heterocycles. The van der Waals surface area contributed by atoms with Gasteiger partial charge in [0.2, 0.25) is 0 Å². The van der Waals surface area contributed by atoms with Crippen molar-refractivity contribution in [2.45, 2.75) is 19.8 Å². The molecule has 0 aliphatic heterocycles. The van der Waals surface area contributed by atoms with Crippen LogP contribution in [0.4, 0.5) is 0 Å². The molecule has 0 unspecified atom stereocenters. The van der Waals surface area contributed by atoms with E-state index < -0.39 is 0 Å². The number of hydrogen-bond donors (Lipinski definition) is 0. The molecular formula is C17H15N3. The molecule has 0 saturated carbocycles. The van der Waals surface area contributed by atoms with Gasteiger partial charge in [-0.25, -0.2) is 4.98 Å². The van der Waals surface area contributed by atoms with Crippen molar-refractivity contribution in [2.24, 2.45) is 0 Å². The molecule has 1 heterocycles. The van der Waals surface area contributed by atoms with Crippen molar-refractivity contribution in [3.05, 3.63) is 60.2 Å². The Morgan fingerprint density at radius 1 is 1.15 bits per heavy atom. The average molecular weight is 261 g/mol. The van der Waals surface area contributed by atoms with Gasteiger partial charge in [0.05, 0.1) is 17.3 Å². The zero-order valence-corrected chi connectivity index (χ0v) is 11.4. The maximum atomic E-state index is 9.23. The molecule has 3 aromatic rings. The second-order valence-corrected chi connectivity index (χ2v) is 4.75. The lowest BCUT2D eigenvalue weighted by atomic mass is 10.0. The summed E-state index contributed by atoms with van der Waals surface area (Å²) in [6.45, 7) is 2.15. The Labute approximate surface area is 118 Å². The van der Waals surface area contributed by atoms with Crippen LogP contribution in [0.2, 0.25) is 0 Å². The normalized spacial score (nSPS) is 10.6. The molecule has 3 rings (SSSR count). The van der Waals surface area contributed by atoms with Crippen LogP contribution in [0.25, 0.3) is 16.5 Å². The molecule has 0 spiro atoms. The molecule has 3 nitrogen and oxygen atoms in total. The van der Waals surface area contributed by atoms with Crippen LogP contribution in [0.15, 0.2) is 48.8 Å². The molecule has 20 heavy (non-hydrogen) atoms. The minimum atomic E-state index is 0.710. The van der Waals surface area contributed by atoms with Crippen LogP contribution < -0.4 is 0 Å². The highest BCUT2D eigenvalue weighted by molar-refractivity contribution is 5.94. The van der Waals surface area contributed by atoms with E-state index in [1.807, 2.05) is 42.7 Å². The van der Waals surface area contributed by atoms with Crippen LogP contribution in [0.5, 0.6) is 0 Å². The van der Waals surface area contributed by atoms with Crippen molar-refractivity contribution >= 4 is 10.8 Å². The summed E-state index contributed by atoms with van der Waals surface area (Å²) in [5.74, 6) is 1.06. The van der Waals surface area contributed by atoms with Crippen molar-refractivity contribution in [1.29, 1.82) is 5.26 Å². The molecule has 0 N–H and O–H groups in total. The van der Waals surface area contributed by atoms with E-state index in [0.717, 1.165) is 35.1 Å². The van der Waals surface area contributed by atoms with Gasteiger partial charge in [0.25, 0.3) is 0 Å². The van der Waals surface area contributed by atoms with Gasteiger partial charge in [0, 0.05) is 29.6 Å². The number of aryl methyl sites for hydroxylation is 1. The minimum Gasteiger partial charge on any atom is -0.303 e. The largest absolute Gasteiger partial charge is 0.303 e. The summed E-state index contributed by atoms with van der Waals surface area (Å²) in [5, 5.41) is 11.3. The first kappa shape index (κ1) is 12.4. The summed E-state index contributed by atoms with van der Waals surface area (Å²) < 4.78 is 2.12. The van der Waals surface area contributed by atoms with Crippen LogP contribution in [0.1, 0.15) is 24.7 Å². The summed E-state index contributed by atoms with van der Waals surface area (Å²) in [5.41, 5.74) is 1.79. The quantitative estimate of drug-likeness (QED) is 0.718. The third-order valence-electron chi connectivity index (χ3n) is 3.47. The lowest BCUT2D eigenvalue weighted by Crippen LogP contribution is -2.01. The number of fused-ring (bicyclic) bond motifs is 1. The van der Waals surface area contributed by atoms with Gasteiger partial charge in [-0.2, -0.15) is 5.26 Å². The molecule has 3 heteroatoms. The van der Waals surface area contributed by atoms with Crippen molar-refractivity contribution in [1.82, 2.24) is 9.55 Å². The van der Waals surface area contributed by atoms with Gasteiger partial charge >= 0.3 is 0 Å². The van der Waals surface area contributed by atoms with E-state index in [-0.39, 0.29) is 0 Å². The number of benzene rings is 2. The van der Waals surface area contributed by atoms with E-state index in [9.17, 15) is 5.26 Å². The predicted octanol–water partition coefficient (Wildman–Crippen LogP) is 3.85. The number of imidazole rings is 1. The second-order valence-electron chi connectivity index (χ2n) is 4.75. The van der Waals surface area contributed by atoms with E-state index in [2.05, 4.69) is 28.6 Å². The van der Waals surface area contributed by atoms with Crippen molar-refractivity contribution < 1.29 is 0 Å². The molecule has 0 radical (unpaired) electrons. The summed E-state index contributed by atoms with van der Waals surface area (Å²) >= 11 is 0. The first-order chi connectivity index (χ1) is 9.85. The van der Waals surface area contributed by atoms with Gasteiger partial charge in [0.1, 0.15) is 5.82 Å². The van der Waals surface area contributed by atoms with Gasteiger partial charge in [0.15, 0.2) is 0 Å². The van der Waals surface area contributed by atoms with E-state index in [0.29, 0.717) is 5.56 Å². The fraction of sp³-hybridized carbons (Fsp3) is 0.176. The number of rotatable bonds is 3. The predicted molar refractivity (Wildman–Crippen MR) is 79.8 cm³/mol. The monoisotopic (exact) mass is 261 g/mol.